The Balaban J connectivity index is 1.83. The first-order valence-electron chi connectivity index (χ1n) is 7.89. The van der Waals surface area contributed by atoms with Crippen LogP contribution in [0.5, 0.6) is 5.75 Å². The second kappa shape index (κ2) is 5.09. The maximum atomic E-state index is 11.4. The summed E-state index contributed by atoms with van der Waals surface area (Å²) in [5.74, 6) is 1.28. The van der Waals surface area contributed by atoms with Gasteiger partial charge in [0.05, 0.1) is 11.1 Å². The predicted octanol–water partition coefficient (Wildman–Crippen LogP) is 3.79. The van der Waals surface area contributed by atoms with E-state index in [1.807, 2.05) is 37.3 Å². The summed E-state index contributed by atoms with van der Waals surface area (Å²) >= 11 is 0. The maximum Gasteiger partial charge on any atom is 0.221 e. The number of ether oxygens (including phenoxy) is 1. The Morgan fingerprint density at radius 2 is 2.12 bits per heavy atom. The normalized spacial score (nSPS) is 19.1. The Morgan fingerprint density at radius 1 is 1.29 bits per heavy atom. The molecule has 1 atom stereocenters. The Bertz CT molecular complexity index is 960. The van der Waals surface area contributed by atoms with Gasteiger partial charge in [-0.25, -0.2) is 4.98 Å². The molecule has 2 aromatic carbocycles. The third-order valence-electron chi connectivity index (χ3n) is 4.56. The van der Waals surface area contributed by atoms with Crippen molar-refractivity contribution in [1.82, 2.24) is 4.98 Å². The number of oxazole rings is 1. The summed E-state index contributed by atoms with van der Waals surface area (Å²) in [5, 5.41) is 2.83. The van der Waals surface area contributed by atoms with Gasteiger partial charge in [0.2, 0.25) is 5.91 Å². The van der Waals surface area contributed by atoms with Crippen molar-refractivity contribution in [1.29, 1.82) is 0 Å². The molecule has 5 nitrogen and oxygen atoms in total. The van der Waals surface area contributed by atoms with Crippen LogP contribution in [0.3, 0.4) is 0 Å². The van der Waals surface area contributed by atoms with E-state index in [1.165, 1.54) is 6.92 Å². The van der Waals surface area contributed by atoms with E-state index in [9.17, 15) is 4.79 Å². The van der Waals surface area contributed by atoms with Gasteiger partial charge in [0.15, 0.2) is 11.5 Å². The number of rotatable bonds is 2. The molecule has 3 aromatic rings. The summed E-state index contributed by atoms with van der Waals surface area (Å²) in [6.45, 7) is 5.99. The van der Waals surface area contributed by atoms with E-state index in [-0.39, 0.29) is 11.3 Å². The van der Waals surface area contributed by atoms with Crippen LogP contribution >= 0.6 is 0 Å². The number of fused-ring (bicyclic) bond motifs is 2. The number of para-hydroxylation sites is 1. The summed E-state index contributed by atoms with van der Waals surface area (Å²) < 4.78 is 11.6. The lowest BCUT2D eigenvalue weighted by Crippen LogP contribution is -2.25. The van der Waals surface area contributed by atoms with E-state index >= 15 is 0 Å². The average Bonchev–Trinajstić information content (AvgIpc) is 3.07. The lowest BCUT2D eigenvalue weighted by Gasteiger charge is -2.23. The van der Waals surface area contributed by atoms with Crippen molar-refractivity contribution in [3.8, 4) is 5.75 Å². The number of benzene rings is 2. The molecule has 0 fully saturated rings. The number of amides is 1. The second-order valence-electron chi connectivity index (χ2n) is 6.40. The van der Waals surface area contributed by atoms with Crippen molar-refractivity contribution in [2.24, 2.45) is 0 Å². The molecule has 0 radical (unpaired) electrons. The van der Waals surface area contributed by atoms with Crippen molar-refractivity contribution in [3.05, 3.63) is 53.4 Å². The van der Waals surface area contributed by atoms with E-state index in [1.54, 1.807) is 0 Å². The molecule has 5 heteroatoms. The van der Waals surface area contributed by atoms with Gasteiger partial charge in [-0.3, -0.25) is 4.79 Å². The van der Waals surface area contributed by atoms with E-state index in [4.69, 9.17) is 9.15 Å². The van der Waals surface area contributed by atoms with Gasteiger partial charge in [0, 0.05) is 19.4 Å². The number of nitrogens with zero attached hydrogens (tertiary/aromatic N) is 1. The summed E-state index contributed by atoms with van der Waals surface area (Å²) in [6, 6.07) is 11.9. The highest BCUT2D eigenvalue weighted by atomic mass is 16.5. The Hall–Kier alpha value is -2.82. The van der Waals surface area contributed by atoms with Gasteiger partial charge >= 0.3 is 0 Å². The number of hydrogen-bond acceptors (Lipinski definition) is 4. The molecule has 0 bridgehead atoms. The molecule has 0 spiro atoms. The summed E-state index contributed by atoms with van der Waals surface area (Å²) in [7, 11) is 0. The molecule has 2 heterocycles. The fourth-order valence-electron chi connectivity index (χ4n) is 3.33. The fraction of sp³-hybridized carbons (Fsp3) is 0.263. The first-order chi connectivity index (χ1) is 11.5. The molecule has 1 amide bonds. The lowest BCUT2D eigenvalue weighted by atomic mass is 9.78. The van der Waals surface area contributed by atoms with Gasteiger partial charge in [-0.2, -0.15) is 0 Å². The van der Waals surface area contributed by atoms with Gasteiger partial charge in [0.1, 0.15) is 17.9 Å². The summed E-state index contributed by atoms with van der Waals surface area (Å²) in [5.41, 5.74) is 4.19. The van der Waals surface area contributed by atoms with Crippen molar-refractivity contribution < 1.29 is 13.9 Å². The molecule has 1 N–H and O–H groups in total. The number of aryl methyl sites for hydroxylation is 1. The highest BCUT2D eigenvalue weighted by molar-refractivity contribution is 5.91. The van der Waals surface area contributed by atoms with Gasteiger partial charge in [-0.1, -0.05) is 18.2 Å². The minimum Gasteiger partial charge on any atom is -0.490 e. The zero-order valence-corrected chi connectivity index (χ0v) is 13.8. The molecular formula is C19H18N2O3. The maximum absolute atomic E-state index is 11.4. The van der Waals surface area contributed by atoms with Crippen LogP contribution in [0.25, 0.3) is 11.1 Å². The third kappa shape index (κ3) is 2.16. The molecule has 1 aliphatic rings. The molecular weight excluding hydrogens is 304 g/mol. The van der Waals surface area contributed by atoms with Crippen LogP contribution in [0.15, 0.2) is 40.8 Å². The largest absolute Gasteiger partial charge is 0.490 e. The van der Waals surface area contributed by atoms with Crippen LogP contribution in [0.2, 0.25) is 0 Å². The van der Waals surface area contributed by atoms with Crippen molar-refractivity contribution in [2.45, 2.75) is 26.2 Å². The van der Waals surface area contributed by atoms with Crippen LogP contribution in [0.4, 0.5) is 5.69 Å². The number of carbonyl (C=O) groups is 1. The van der Waals surface area contributed by atoms with Crippen molar-refractivity contribution in [3.63, 3.8) is 0 Å². The second-order valence-corrected chi connectivity index (χ2v) is 6.40. The van der Waals surface area contributed by atoms with Crippen molar-refractivity contribution >= 4 is 22.7 Å². The molecule has 0 saturated carbocycles. The first kappa shape index (κ1) is 14.8. The average molecular weight is 322 g/mol. The molecule has 1 aliphatic heterocycles. The van der Waals surface area contributed by atoms with E-state index in [0.29, 0.717) is 18.2 Å². The molecule has 0 aliphatic carbocycles. The smallest absolute Gasteiger partial charge is 0.221 e. The summed E-state index contributed by atoms with van der Waals surface area (Å²) in [6.07, 6.45) is 0. The van der Waals surface area contributed by atoms with Crippen LogP contribution in [-0.4, -0.2) is 17.5 Å². The zero-order valence-electron chi connectivity index (χ0n) is 13.8. The van der Waals surface area contributed by atoms with Crippen LogP contribution in [-0.2, 0) is 10.2 Å². The molecule has 4 rings (SSSR count). The minimum absolute atomic E-state index is 0.112. The highest BCUT2D eigenvalue weighted by Crippen LogP contribution is 2.47. The highest BCUT2D eigenvalue weighted by Gasteiger charge is 2.39. The van der Waals surface area contributed by atoms with Gasteiger partial charge in [-0.05, 0) is 30.7 Å². The van der Waals surface area contributed by atoms with E-state index in [0.717, 1.165) is 28.0 Å². The number of nitrogens with one attached hydrogen (secondary N) is 1. The molecule has 1 aromatic heterocycles. The number of aromatic nitrogens is 1. The lowest BCUT2D eigenvalue weighted by molar-refractivity contribution is -0.114. The number of carbonyl (C=O) groups excluding carboxylic acids is 1. The van der Waals surface area contributed by atoms with Gasteiger partial charge in [0.25, 0.3) is 0 Å². The standard InChI is InChI=1S/C19H18N2O3/c1-11(22)20-16-6-4-5-14-18(16)23-10-19(14,3)13-7-8-15-17(9-13)24-12(2)21-15/h4-9H,10H2,1-3H3,(H,20,22). The van der Waals surface area contributed by atoms with Crippen LogP contribution < -0.4 is 10.1 Å². The Morgan fingerprint density at radius 3 is 2.92 bits per heavy atom. The van der Waals surface area contributed by atoms with Gasteiger partial charge < -0.3 is 14.5 Å². The number of anilines is 1. The Kier molecular flexibility index (Phi) is 3.13. The fourth-order valence-corrected chi connectivity index (χ4v) is 3.33. The molecule has 122 valence electrons. The van der Waals surface area contributed by atoms with Crippen LogP contribution in [0, 0.1) is 6.92 Å². The van der Waals surface area contributed by atoms with Crippen LogP contribution in [0.1, 0.15) is 30.9 Å². The molecule has 1 unspecified atom stereocenters. The SMILES string of the molecule is CC(=O)Nc1cccc2c1OCC2(C)c1ccc2nc(C)oc2c1. The van der Waals surface area contributed by atoms with E-state index in [2.05, 4.69) is 23.3 Å². The predicted molar refractivity (Wildman–Crippen MR) is 91.4 cm³/mol. The first-order valence-corrected chi connectivity index (χ1v) is 7.89. The minimum atomic E-state index is -0.307. The quantitative estimate of drug-likeness (QED) is 0.779. The van der Waals surface area contributed by atoms with Gasteiger partial charge in [-0.15, -0.1) is 0 Å². The number of hydrogen-bond donors (Lipinski definition) is 1. The third-order valence-corrected chi connectivity index (χ3v) is 4.56. The Labute approximate surface area is 139 Å². The topological polar surface area (TPSA) is 64.4 Å². The zero-order chi connectivity index (χ0) is 16.9. The summed E-state index contributed by atoms with van der Waals surface area (Å²) in [4.78, 5) is 15.8. The van der Waals surface area contributed by atoms with E-state index < -0.39 is 0 Å². The van der Waals surface area contributed by atoms with Crippen molar-refractivity contribution in [2.75, 3.05) is 11.9 Å². The molecule has 0 saturated heterocycles. The monoisotopic (exact) mass is 322 g/mol. The molecule has 24 heavy (non-hydrogen) atoms.